The number of aromatic nitrogens is 1. The van der Waals surface area contributed by atoms with E-state index in [1.165, 1.54) is 0 Å². The molecular weight excluding hydrogens is 520 g/mol. The molecule has 0 saturated heterocycles. The van der Waals surface area contributed by atoms with Crippen LogP contribution in [0.15, 0.2) is 151 Å². The number of rotatable bonds is 9. The lowest BCUT2D eigenvalue weighted by atomic mass is 10.1. The quantitative estimate of drug-likeness (QED) is 0.147. The zero-order valence-electron chi connectivity index (χ0n) is 22.8. The number of ether oxygens (including phenoxy) is 1. The molecule has 1 aromatic heterocycles. The first-order chi connectivity index (χ1) is 20.7. The van der Waals surface area contributed by atoms with Crippen molar-refractivity contribution in [2.75, 3.05) is 4.90 Å². The van der Waals surface area contributed by atoms with Crippen molar-refractivity contribution in [1.29, 1.82) is 0 Å². The molecule has 1 amide bonds. The molecule has 204 valence electrons. The van der Waals surface area contributed by atoms with Crippen molar-refractivity contribution in [1.82, 2.24) is 10.4 Å². The second-order valence-electron chi connectivity index (χ2n) is 9.61. The summed E-state index contributed by atoms with van der Waals surface area (Å²) >= 11 is 0. The number of para-hydroxylation sites is 3. The molecule has 0 bridgehead atoms. The number of anilines is 3. The minimum absolute atomic E-state index is 0.284. The van der Waals surface area contributed by atoms with E-state index in [9.17, 15) is 4.79 Å². The molecule has 0 fully saturated rings. The van der Waals surface area contributed by atoms with Crippen LogP contribution in [0.5, 0.6) is 5.75 Å². The largest absolute Gasteiger partial charge is 0.487 e. The topological polar surface area (TPSA) is 66.8 Å². The highest BCUT2D eigenvalue weighted by Crippen LogP contribution is 2.34. The van der Waals surface area contributed by atoms with Gasteiger partial charge >= 0.3 is 0 Å². The minimum Gasteiger partial charge on any atom is -0.487 e. The van der Waals surface area contributed by atoms with Crippen LogP contribution in [-0.4, -0.2) is 17.1 Å². The Morgan fingerprint density at radius 3 is 2.05 bits per heavy atom. The highest BCUT2D eigenvalue weighted by Gasteiger charge is 2.11. The summed E-state index contributed by atoms with van der Waals surface area (Å²) < 4.78 is 6.00. The van der Waals surface area contributed by atoms with Gasteiger partial charge in [-0.3, -0.25) is 9.78 Å². The van der Waals surface area contributed by atoms with E-state index in [1.807, 2.05) is 103 Å². The van der Waals surface area contributed by atoms with Crippen LogP contribution in [0.4, 0.5) is 17.1 Å². The lowest BCUT2D eigenvalue weighted by Gasteiger charge is -2.25. The van der Waals surface area contributed by atoms with E-state index < -0.39 is 0 Å². The number of hydrogen-bond donors (Lipinski definition) is 1. The van der Waals surface area contributed by atoms with Gasteiger partial charge in [0.1, 0.15) is 17.9 Å². The molecule has 5 aromatic carbocycles. The van der Waals surface area contributed by atoms with Crippen LogP contribution in [0.1, 0.15) is 21.5 Å². The molecule has 42 heavy (non-hydrogen) atoms. The van der Waals surface area contributed by atoms with Crippen LogP contribution in [-0.2, 0) is 6.61 Å². The Morgan fingerprint density at radius 2 is 1.36 bits per heavy atom. The van der Waals surface area contributed by atoms with E-state index in [2.05, 4.69) is 44.7 Å². The Balaban J connectivity index is 1.07. The monoisotopic (exact) mass is 548 g/mol. The number of hydrogen-bond acceptors (Lipinski definition) is 5. The first-order valence-corrected chi connectivity index (χ1v) is 13.6. The number of pyridine rings is 1. The molecule has 0 aliphatic rings. The third-order valence-corrected chi connectivity index (χ3v) is 6.77. The summed E-state index contributed by atoms with van der Waals surface area (Å²) in [4.78, 5) is 19.3. The summed E-state index contributed by atoms with van der Waals surface area (Å²) in [7, 11) is 0. The normalized spacial score (nSPS) is 11.0. The SMILES string of the molecule is O=C(NN=Cc1ccc(N(c2ccccc2)c2ccccc2)cc1)c1ccc(COc2cccc3cccnc23)cc1. The number of hydrazone groups is 1. The zero-order chi connectivity index (χ0) is 28.6. The van der Waals surface area contributed by atoms with Gasteiger partial charge in [-0.15, -0.1) is 0 Å². The number of carbonyl (C=O) groups is 1. The Morgan fingerprint density at radius 1 is 0.714 bits per heavy atom. The first kappa shape index (κ1) is 26.5. The fraction of sp³-hybridized carbons (Fsp3) is 0.0278. The molecular formula is C36H28N4O2. The maximum atomic E-state index is 12.7. The predicted molar refractivity (Wildman–Crippen MR) is 169 cm³/mol. The standard InChI is InChI=1S/C36H28N4O2/c41-36(30-20-16-28(17-21-30)26-42-34-15-7-9-29-10-8-24-37-35(29)34)39-38-25-27-18-22-33(23-19-27)40(31-11-3-1-4-12-31)32-13-5-2-6-14-32/h1-25H,26H2,(H,39,41). The average Bonchev–Trinajstić information content (AvgIpc) is 3.06. The fourth-order valence-electron chi connectivity index (χ4n) is 4.65. The van der Waals surface area contributed by atoms with Crippen LogP contribution in [0.3, 0.4) is 0 Å². The molecule has 6 nitrogen and oxygen atoms in total. The van der Waals surface area contributed by atoms with Crippen LogP contribution in [0.25, 0.3) is 10.9 Å². The molecule has 0 radical (unpaired) electrons. The minimum atomic E-state index is -0.284. The van der Waals surface area contributed by atoms with Gasteiger partial charge in [0.25, 0.3) is 5.91 Å². The van der Waals surface area contributed by atoms with Crippen LogP contribution >= 0.6 is 0 Å². The number of benzene rings is 5. The smallest absolute Gasteiger partial charge is 0.271 e. The number of nitrogens with zero attached hydrogens (tertiary/aromatic N) is 3. The summed E-state index contributed by atoms with van der Waals surface area (Å²) in [5, 5.41) is 5.19. The van der Waals surface area contributed by atoms with Crippen molar-refractivity contribution in [2.45, 2.75) is 6.61 Å². The van der Waals surface area contributed by atoms with Crippen molar-refractivity contribution in [3.8, 4) is 5.75 Å². The molecule has 0 aliphatic carbocycles. The second-order valence-corrected chi connectivity index (χ2v) is 9.61. The summed E-state index contributed by atoms with van der Waals surface area (Å²) in [5.74, 6) is 0.443. The zero-order valence-corrected chi connectivity index (χ0v) is 22.8. The maximum absolute atomic E-state index is 12.7. The van der Waals surface area contributed by atoms with Crippen molar-refractivity contribution < 1.29 is 9.53 Å². The lowest BCUT2D eigenvalue weighted by Crippen LogP contribution is -2.17. The van der Waals surface area contributed by atoms with E-state index in [-0.39, 0.29) is 5.91 Å². The summed E-state index contributed by atoms with van der Waals surface area (Å²) in [5.41, 5.74) is 8.94. The molecule has 0 spiro atoms. The Hall–Kier alpha value is -5.75. The summed E-state index contributed by atoms with van der Waals surface area (Å²) in [6.07, 6.45) is 3.39. The van der Waals surface area contributed by atoms with Gasteiger partial charge in [0, 0.05) is 34.2 Å². The molecule has 6 rings (SSSR count). The molecule has 6 heteroatoms. The van der Waals surface area contributed by atoms with Gasteiger partial charge in [0.2, 0.25) is 0 Å². The number of nitrogens with one attached hydrogen (secondary N) is 1. The molecule has 0 atom stereocenters. The van der Waals surface area contributed by atoms with Gasteiger partial charge in [0.05, 0.1) is 6.21 Å². The Labute approximate surface area is 244 Å². The van der Waals surface area contributed by atoms with Gasteiger partial charge < -0.3 is 9.64 Å². The van der Waals surface area contributed by atoms with Gasteiger partial charge in [-0.1, -0.05) is 78.9 Å². The van der Waals surface area contributed by atoms with Gasteiger partial charge in [-0.05, 0) is 71.8 Å². The Bertz CT molecular complexity index is 1760. The average molecular weight is 549 g/mol. The van der Waals surface area contributed by atoms with E-state index in [1.54, 1.807) is 24.5 Å². The second kappa shape index (κ2) is 12.6. The molecule has 0 saturated carbocycles. The molecule has 0 unspecified atom stereocenters. The van der Waals surface area contributed by atoms with E-state index in [4.69, 9.17) is 4.74 Å². The third kappa shape index (κ3) is 6.18. The summed E-state index contributed by atoms with van der Waals surface area (Å²) in [6, 6.07) is 45.6. The predicted octanol–water partition coefficient (Wildman–Crippen LogP) is 8.05. The molecule has 6 aromatic rings. The maximum Gasteiger partial charge on any atom is 0.271 e. The van der Waals surface area contributed by atoms with Crippen molar-refractivity contribution >= 4 is 40.1 Å². The van der Waals surface area contributed by atoms with Gasteiger partial charge in [-0.25, -0.2) is 5.43 Å². The van der Waals surface area contributed by atoms with E-state index in [0.29, 0.717) is 12.2 Å². The lowest BCUT2D eigenvalue weighted by molar-refractivity contribution is 0.0955. The van der Waals surface area contributed by atoms with E-state index in [0.717, 1.165) is 44.8 Å². The number of carbonyl (C=O) groups excluding carboxylic acids is 1. The van der Waals surface area contributed by atoms with Crippen molar-refractivity contribution in [3.05, 3.63) is 162 Å². The van der Waals surface area contributed by atoms with Gasteiger partial charge in [-0.2, -0.15) is 5.10 Å². The van der Waals surface area contributed by atoms with Crippen LogP contribution in [0.2, 0.25) is 0 Å². The van der Waals surface area contributed by atoms with Gasteiger partial charge in [0.15, 0.2) is 0 Å². The molecule has 1 N–H and O–H groups in total. The highest BCUT2D eigenvalue weighted by molar-refractivity contribution is 5.95. The summed E-state index contributed by atoms with van der Waals surface area (Å²) in [6.45, 7) is 0.373. The van der Waals surface area contributed by atoms with Crippen molar-refractivity contribution in [2.24, 2.45) is 5.10 Å². The van der Waals surface area contributed by atoms with Crippen LogP contribution in [0, 0.1) is 0 Å². The van der Waals surface area contributed by atoms with E-state index >= 15 is 0 Å². The highest BCUT2D eigenvalue weighted by atomic mass is 16.5. The number of fused-ring (bicyclic) bond motifs is 1. The van der Waals surface area contributed by atoms with Crippen LogP contribution < -0.4 is 15.1 Å². The van der Waals surface area contributed by atoms with Crippen molar-refractivity contribution in [3.63, 3.8) is 0 Å². The third-order valence-electron chi connectivity index (χ3n) is 6.77. The molecule has 0 aliphatic heterocycles. The first-order valence-electron chi connectivity index (χ1n) is 13.6. The number of amides is 1. The molecule has 1 heterocycles. The Kier molecular flexibility index (Phi) is 7.95. The fourth-order valence-corrected chi connectivity index (χ4v) is 4.65.